The Bertz CT molecular complexity index is 925. The fourth-order valence-corrected chi connectivity index (χ4v) is 4.70. The first-order valence-electron chi connectivity index (χ1n) is 8.80. The topological polar surface area (TPSA) is 84.3 Å². The van der Waals surface area contributed by atoms with Gasteiger partial charge in [0.2, 0.25) is 15.9 Å². The Labute approximate surface area is 158 Å². The van der Waals surface area contributed by atoms with Gasteiger partial charge in [0.05, 0.1) is 17.0 Å². The fourth-order valence-electron chi connectivity index (χ4n) is 3.17. The summed E-state index contributed by atoms with van der Waals surface area (Å²) in [5.41, 5.74) is 1.90. The summed E-state index contributed by atoms with van der Waals surface area (Å²) in [5.74, 6) is -1.07. The second-order valence-electron chi connectivity index (χ2n) is 6.75. The number of halogens is 1. The van der Waals surface area contributed by atoms with Gasteiger partial charge in [-0.05, 0) is 44.0 Å². The van der Waals surface area contributed by atoms with Crippen molar-refractivity contribution < 1.29 is 17.6 Å². The highest BCUT2D eigenvalue weighted by atomic mass is 32.2. The highest BCUT2D eigenvalue weighted by Gasteiger charge is 2.33. The number of nitrogens with one attached hydrogen (secondary N) is 1. The number of nitrogens with zero attached hydrogens (tertiary/aromatic N) is 3. The minimum absolute atomic E-state index is 0.0379. The molecule has 1 aliphatic heterocycles. The number of carbonyl (C=O) groups excluding carboxylic acids is 1. The summed E-state index contributed by atoms with van der Waals surface area (Å²) in [5, 5.41) is 7.02. The van der Waals surface area contributed by atoms with Crippen molar-refractivity contribution in [2.24, 2.45) is 13.0 Å². The van der Waals surface area contributed by atoms with Gasteiger partial charge in [0, 0.05) is 37.9 Å². The van der Waals surface area contributed by atoms with Gasteiger partial charge in [-0.1, -0.05) is 0 Å². The van der Waals surface area contributed by atoms with E-state index in [-0.39, 0.29) is 17.3 Å². The van der Waals surface area contributed by atoms with E-state index in [1.54, 1.807) is 10.9 Å². The van der Waals surface area contributed by atoms with Gasteiger partial charge < -0.3 is 5.32 Å². The van der Waals surface area contributed by atoms with Crippen LogP contribution >= 0.6 is 0 Å². The average Bonchev–Trinajstić information content (AvgIpc) is 2.98. The van der Waals surface area contributed by atoms with Crippen molar-refractivity contribution in [2.45, 2.75) is 31.2 Å². The van der Waals surface area contributed by atoms with Crippen molar-refractivity contribution >= 4 is 15.9 Å². The Morgan fingerprint density at radius 3 is 2.67 bits per heavy atom. The standard InChI is InChI=1S/C18H23FN4O3S/c1-13-15(11-21-22(13)2)10-20-18(24)14-4-3-9-23(12-14)27(25,26)17-7-5-16(19)6-8-17/h5-8,11,14H,3-4,9-10,12H2,1-2H3,(H,20,24)/t14-/m1/s1. The summed E-state index contributed by atoms with van der Waals surface area (Å²) in [6.07, 6.45) is 2.94. The molecule has 1 saturated heterocycles. The van der Waals surface area contributed by atoms with E-state index >= 15 is 0 Å². The molecule has 9 heteroatoms. The van der Waals surface area contributed by atoms with Crippen molar-refractivity contribution in [1.82, 2.24) is 19.4 Å². The zero-order chi connectivity index (χ0) is 19.6. The van der Waals surface area contributed by atoms with Crippen LogP contribution < -0.4 is 5.32 Å². The maximum absolute atomic E-state index is 13.1. The average molecular weight is 394 g/mol. The Hall–Kier alpha value is -2.26. The molecule has 1 aliphatic rings. The molecule has 146 valence electrons. The number of aryl methyl sites for hydroxylation is 1. The van der Waals surface area contributed by atoms with Crippen LogP contribution in [-0.2, 0) is 28.4 Å². The maximum Gasteiger partial charge on any atom is 0.243 e. The van der Waals surface area contributed by atoms with Crippen molar-refractivity contribution in [3.63, 3.8) is 0 Å². The molecule has 0 unspecified atom stereocenters. The van der Waals surface area contributed by atoms with Gasteiger partial charge in [0.15, 0.2) is 0 Å². The van der Waals surface area contributed by atoms with Gasteiger partial charge in [-0.3, -0.25) is 9.48 Å². The number of aromatic nitrogens is 2. The molecule has 2 heterocycles. The molecule has 2 aromatic rings. The van der Waals surface area contributed by atoms with Crippen LogP contribution in [0.2, 0.25) is 0 Å². The number of piperidine rings is 1. The van der Waals surface area contributed by atoms with Crippen LogP contribution in [-0.4, -0.2) is 41.5 Å². The zero-order valence-electron chi connectivity index (χ0n) is 15.4. The summed E-state index contributed by atoms with van der Waals surface area (Å²) in [7, 11) is -1.91. The number of hydrogen-bond donors (Lipinski definition) is 1. The summed E-state index contributed by atoms with van der Waals surface area (Å²) < 4.78 is 41.6. The molecule has 27 heavy (non-hydrogen) atoms. The lowest BCUT2D eigenvalue weighted by Gasteiger charge is -2.31. The largest absolute Gasteiger partial charge is 0.352 e. The Morgan fingerprint density at radius 2 is 2.04 bits per heavy atom. The van der Waals surface area contributed by atoms with E-state index in [0.717, 1.165) is 23.4 Å². The van der Waals surface area contributed by atoms with Gasteiger partial charge in [-0.15, -0.1) is 0 Å². The summed E-state index contributed by atoms with van der Waals surface area (Å²) in [6, 6.07) is 4.74. The van der Waals surface area contributed by atoms with Crippen LogP contribution in [0.15, 0.2) is 35.4 Å². The summed E-state index contributed by atoms with van der Waals surface area (Å²) in [4.78, 5) is 12.6. The van der Waals surface area contributed by atoms with Crippen molar-refractivity contribution in [2.75, 3.05) is 13.1 Å². The molecular weight excluding hydrogens is 371 g/mol. The van der Waals surface area contributed by atoms with Gasteiger partial charge >= 0.3 is 0 Å². The molecule has 1 aromatic heterocycles. The van der Waals surface area contributed by atoms with Crippen LogP contribution in [0.5, 0.6) is 0 Å². The van der Waals surface area contributed by atoms with E-state index in [9.17, 15) is 17.6 Å². The van der Waals surface area contributed by atoms with Crippen LogP contribution in [0.25, 0.3) is 0 Å². The van der Waals surface area contributed by atoms with Crippen LogP contribution in [0.3, 0.4) is 0 Å². The monoisotopic (exact) mass is 394 g/mol. The lowest BCUT2D eigenvalue weighted by atomic mass is 9.99. The lowest BCUT2D eigenvalue weighted by molar-refractivity contribution is -0.126. The third-order valence-electron chi connectivity index (χ3n) is 5.00. The molecule has 0 aliphatic carbocycles. The molecule has 1 fully saturated rings. The second-order valence-corrected chi connectivity index (χ2v) is 8.69. The molecule has 0 radical (unpaired) electrons. The van der Waals surface area contributed by atoms with Crippen LogP contribution in [0.4, 0.5) is 4.39 Å². The van der Waals surface area contributed by atoms with Gasteiger partial charge in [0.1, 0.15) is 5.82 Å². The van der Waals surface area contributed by atoms with E-state index in [2.05, 4.69) is 10.4 Å². The minimum atomic E-state index is -3.74. The van der Waals surface area contributed by atoms with Crippen molar-refractivity contribution in [3.05, 3.63) is 47.5 Å². The normalized spacial score (nSPS) is 18.4. The predicted octanol–water partition coefficient (Wildman–Crippen LogP) is 1.58. The number of rotatable bonds is 5. The molecule has 0 spiro atoms. The van der Waals surface area contributed by atoms with E-state index in [1.165, 1.54) is 16.4 Å². The fraction of sp³-hybridized carbons (Fsp3) is 0.444. The van der Waals surface area contributed by atoms with Crippen molar-refractivity contribution in [1.29, 1.82) is 0 Å². The smallest absolute Gasteiger partial charge is 0.243 e. The Kier molecular flexibility index (Phi) is 5.61. The zero-order valence-corrected chi connectivity index (χ0v) is 16.2. The van der Waals surface area contributed by atoms with E-state index < -0.39 is 21.8 Å². The molecule has 7 nitrogen and oxygen atoms in total. The third kappa shape index (κ3) is 4.19. The number of sulfonamides is 1. The van der Waals surface area contributed by atoms with Gasteiger partial charge in [-0.2, -0.15) is 9.40 Å². The van der Waals surface area contributed by atoms with Crippen molar-refractivity contribution in [3.8, 4) is 0 Å². The first-order chi connectivity index (χ1) is 12.8. The highest BCUT2D eigenvalue weighted by Crippen LogP contribution is 2.24. The lowest BCUT2D eigenvalue weighted by Crippen LogP contribution is -2.45. The van der Waals surface area contributed by atoms with E-state index in [0.29, 0.717) is 25.9 Å². The molecular formula is C18H23FN4O3S. The maximum atomic E-state index is 13.1. The predicted molar refractivity (Wildman–Crippen MR) is 97.7 cm³/mol. The molecule has 0 saturated carbocycles. The number of carbonyl (C=O) groups is 1. The molecule has 1 N–H and O–H groups in total. The number of benzene rings is 1. The first kappa shape index (κ1) is 19.5. The first-order valence-corrected chi connectivity index (χ1v) is 10.2. The number of amides is 1. The molecule has 1 amide bonds. The molecule has 3 rings (SSSR count). The van der Waals surface area contributed by atoms with Gasteiger partial charge in [-0.25, -0.2) is 12.8 Å². The van der Waals surface area contributed by atoms with Crippen LogP contribution in [0.1, 0.15) is 24.1 Å². The Balaban J connectivity index is 1.65. The van der Waals surface area contributed by atoms with Crippen LogP contribution in [0, 0.1) is 18.7 Å². The SMILES string of the molecule is Cc1c(CNC(=O)[C@@H]2CCCN(S(=O)(=O)c3ccc(F)cc3)C2)cnn1C. The van der Waals surface area contributed by atoms with Gasteiger partial charge in [0.25, 0.3) is 0 Å². The summed E-state index contributed by atoms with van der Waals surface area (Å²) in [6.45, 7) is 2.76. The second kappa shape index (κ2) is 7.77. The molecule has 1 aromatic carbocycles. The quantitative estimate of drug-likeness (QED) is 0.835. The van der Waals surface area contributed by atoms with E-state index in [1.807, 2.05) is 14.0 Å². The Morgan fingerprint density at radius 1 is 1.33 bits per heavy atom. The summed E-state index contributed by atoms with van der Waals surface area (Å²) >= 11 is 0. The molecule has 1 atom stereocenters. The highest BCUT2D eigenvalue weighted by molar-refractivity contribution is 7.89. The third-order valence-corrected chi connectivity index (χ3v) is 6.88. The van der Waals surface area contributed by atoms with E-state index in [4.69, 9.17) is 0 Å². The minimum Gasteiger partial charge on any atom is -0.352 e. The molecule has 0 bridgehead atoms. The number of hydrogen-bond acceptors (Lipinski definition) is 4.